The first-order valence-corrected chi connectivity index (χ1v) is 8.29. The van der Waals surface area contributed by atoms with E-state index in [1.807, 2.05) is 29.1 Å². The predicted octanol–water partition coefficient (Wildman–Crippen LogP) is 3.51. The Morgan fingerprint density at radius 3 is 2.91 bits per heavy atom. The number of rotatable bonds is 10. The molecule has 0 aliphatic heterocycles. The third kappa shape index (κ3) is 5.44. The molecule has 23 heavy (non-hydrogen) atoms. The van der Waals surface area contributed by atoms with E-state index in [1.165, 1.54) is 0 Å². The fourth-order valence-corrected chi connectivity index (χ4v) is 2.54. The van der Waals surface area contributed by atoms with Gasteiger partial charge in [0, 0.05) is 25.5 Å². The van der Waals surface area contributed by atoms with Gasteiger partial charge in [0.25, 0.3) is 0 Å². The van der Waals surface area contributed by atoms with Crippen LogP contribution in [-0.2, 0) is 13.1 Å². The van der Waals surface area contributed by atoms with Crippen LogP contribution in [0.4, 0.5) is 0 Å². The second kappa shape index (κ2) is 9.43. The predicted molar refractivity (Wildman–Crippen MR) is 92.3 cm³/mol. The van der Waals surface area contributed by atoms with Crippen LogP contribution < -0.4 is 14.8 Å². The van der Waals surface area contributed by atoms with Gasteiger partial charge < -0.3 is 14.8 Å². The van der Waals surface area contributed by atoms with E-state index in [1.54, 1.807) is 13.3 Å². The fourth-order valence-electron chi connectivity index (χ4n) is 2.25. The van der Waals surface area contributed by atoms with Crippen molar-refractivity contribution in [2.45, 2.75) is 32.9 Å². The number of halogens is 1. The number of hydrogen-bond donors (Lipinski definition) is 1. The monoisotopic (exact) mass is 337 g/mol. The molecule has 0 bridgehead atoms. The SMILES string of the molecule is CCCOc1c(Cl)cc(CNCCCn2cccn2)cc1OC. The first-order valence-electron chi connectivity index (χ1n) is 7.92. The van der Waals surface area contributed by atoms with E-state index < -0.39 is 0 Å². The topological polar surface area (TPSA) is 48.3 Å². The van der Waals surface area contributed by atoms with E-state index >= 15 is 0 Å². The second-order valence-corrected chi connectivity index (χ2v) is 5.66. The lowest BCUT2D eigenvalue weighted by Crippen LogP contribution is -2.16. The summed E-state index contributed by atoms with van der Waals surface area (Å²) in [5, 5.41) is 8.18. The molecule has 0 spiro atoms. The van der Waals surface area contributed by atoms with E-state index in [0.29, 0.717) is 23.1 Å². The van der Waals surface area contributed by atoms with Crippen molar-refractivity contribution in [1.82, 2.24) is 15.1 Å². The number of aromatic nitrogens is 2. The first kappa shape index (κ1) is 17.6. The van der Waals surface area contributed by atoms with Gasteiger partial charge in [0.15, 0.2) is 11.5 Å². The maximum atomic E-state index is 6.31. The van der Waals surface area contributed by atoms with E-state index in [2.05, 4.69) is 17.3 Å². The Kier molecular flexibility index (Phi) is 7.23. The molecule has 0 fully saturated rings. The molecule has 1 heterocycles. The Balaban J connectivity index is 1.83. The van der Waals surface area contributed by atoms with Crippen LogP contribution in [0.15, 0.2) is 30.6 Å². The van der Waals surface area contributed by atoms with E-state index in [9.17, 15) is 0 Å². The zero-order valence-corrected chi connectivity index (χ0v) is 14.5. The molecule has 0 radical (unpaired) electrons. The summed E-state index contributed by atoms with van der Waals surface area (Å²) in [6.07, 6.45) is 5.72. The normalized spacial score (nSPS) is 10.7. The highest BCUT2D eigenvalue weighted by Crippen LogP contribution is 2.36. The van der Waals surface area contributed by atoms with E-state index in [-0.39, 0.29) is 0 Å². The zero-order chi connectivity index (χ0) is 16.5. The maximum Gasteiger partial charge on any atom is 0.179 e. The quantitative estimate of drug-likeness (QED) is 0.674. The lowest BCUT2D eigenvalue weighted by molar-refractivity contribution is 0.294. The van der Waals surface area contributed by atoms with Crippen LogP contribution in [0.2, 0.25) is 5.02 Å². The third-order valence-electron chi connectivity index (χ3n) is 3.37. The van der Waals surface area contributed by atoms with Gasteiger partial charge in [-0.2, -0.15) is 5.10 Å². The van der Waals surface area contributed by atoms with Gasteiger partial charge in [-0.1, -0.05) is 18.5 Å². The van der Waals surface area contributed by atoms with Crippen molar-refractivity contribution in [3.8, 4) is 11.5 Å². The average molecular weight is 338 g/mol. The van der Waals surface area contributed by atoms with Crippen LogP contribution in [0.5, 0.6) is 11.5 Å². The minimum Gasteiger partial charge on any atom is -0.493 e. The molecule has 1 aromatic heterocycles. The molecule has 2 aromatic rings. The van der Waals surface area contributed by atoms with Crippen LogP contribution in [0.1, 0.15) is 25.3 Å². The number of hydrogen-bond acceptors (Lipinski definition) is 4. The number of nitrogens with one attached hydrogen (secondary N) is 1. The van der Waals surface area contributed by atoms with Gasteiger partial charge in [0.05, 0.1) is 18.7 Å². The summed E-state index contributed by atoms with van der Waals surface area (Å²) in [6.45, 7) is 5.24. The number of methoxy groups -OCH3 is 1. The van der Waals surface area contributed by atoms with Gasteiger partial charge >= 0.3 is 0 Å². The summed E-state index contributed by atoms with van der Waals surface area (Å²) in [5.74, 6) is 1.30. The molecule has 0 saturated carbocycles. The molecule has 2 rings (SSSR count). The molecule has 0 aliphatic carbocycles. The fraction of sp³-hybridized carbons (Fsp3) is 0.471. The van der Waals surface area contributed by atoms with Crippen molar-refractivity contribution in [3.05, 3.63) is 41.2 Å². The Hall–Kier alpha value is -1.72. The Morgan fingerprint density at radius 2 is 2.22 bits per heavy atom. The molecule has 0 unspecified atom stereocenters. The van der Waals surface area contributed by atoms with Crippen LogP contribution in [0.3, 0.4) is 0 Å². The van der Waals surface area contributed by atoms with Crippen molar-refractivity contribution in [2.24, 2.45) is 0 Å². The number of ether oxygens (including phenoxy) is 2. The average Bonchev–Trinajstić information content (AvgIpc) is 3.06. The minimum atomic E-state index is 0.589. The lowest BCUT2D eigenvalue weighted by Gasteiger charge is -2.14. The molecule has 1 aromatic carbocycles. The molecule has 6 heteroatoms. The van der Waals surface area contributed by atoms with Gasteiger partial charge in [-0.25, -0.2) is 0 Å². The summed E-state index contributed by atoms with van der Waals surface area (Å²) in [4.78, 5) is 0. The Bertz CT molecular complexity index is 588. The maximum absolute atomic E-state index is 6.31. The van der Waals surface area contributed by atoms with Gasteiger partial charge in [-0.05, 0) is 43.1 Å². The standard InChI is InChI=1S/C17H24ClN3O2/c1-3-10-23-17-15(18)11-14(12-16(17)22-2)13-19-6-4-8-21-9-5-7-20-21/h5,7,9,11-12,19H,3-4,6,8,10,13H2,1-2H3. The van der Waals surface area contributed by atoms with Crippen LogP contribution in [0.25, 0.3) is 0 Å². The highest BCUT2D eigenvalue weighted by molar-refractivity contribution is 6.32. The first-order chi connectivity index (χ1) is 11.2. The molecule has 0 saturated heterocycles. The van der Waals surface area contributed by atoms with Crippen LogP contribution in [0, 0.1) is 0 Å². The van der Waals surface area contributed by atoms with Crippen molar-refractivity contribution in [3.63, 3.8) is 0 Å². The van der Waals surface area contributed by atoms with Crippen molar-refractivity contribution in [2.75, 3.05) is 20.3 Å². The highest BCUT2D eigenvalue weighted by Gasteiger charge is 2.11. The van der Waals surface area contributed by atoms with Crippen molar-refractivity contribution < 1.29 is 9.47 Å². The second-order valence-electron chi connectivity index (χ2n) is 5.26. The van der Waals surface area contributed by atoms with Crippen molar-refractivity contribution in [1.29, 1.82) is 0 Å². The van der Waals surface area contributed by atoms with Gasteiger partial charge in [-0.3, -0.25) is 4.68 Å². The molecule has 5 nitrogen and oxygen atoms in total. The van der Waals surface area contributed by atoms with Crippen molar-refractivity contribution >= 4 is 11.6 Å². The summed E-state index contributed by atoms with van der Waals surface area (Å²) in [6, 6.07) is 5.83. The molecule has 0 atom stereocenters. The van der Waals surface area contributed by atoms with Gasteiger partial charge in [0.2, 0.25) is 0 Å². The van der Waals surface area contributed by atoms with E-state index in [4.69, 9.17) is 21.1 Å². The number of nitrogens with zero attached hydrogens (tertiary/aromatic N) is 2. The molecular formula is C17H24ClN3O2. The highest BCUT2D eigenvalue weighted by atomic mass is 35.5. The molecule has 1 N–H and O–H groups in total. The third-order valence-corrected chi connectivity index (χ3v) is 3.65. The smallest absolute Gasteiger partial charge is 0.179 e. The summed E-state index contributed by atoms with van der Waals surface area (Å²) in [5.41, 5.74) is 1.08. The Morgan fingerprint density at radius 1 is 1.35 bits per heavy atom. The van der Waals surface area contributed by atoms with Crippen LogP contribution in [-0.4, -0.2) is 30.0 Å². The molecular weight excluding hydrogens is 314 g/mol. The molecule has 126 valence electrons. The molecule has 0 amide bonds. The zero-order valence-electron chi connectivity index (χ0n) is 13.7. The van der Waals surface area contributed by atoms with Gasteiger partial charge in [0.1, 0.15) is 0 Å². The number of benzene rings is 1. The number of aryl methyl sites for hydroxylation is 1. The van der Waals surface area contributed by atoms with Crippen LogP contribution >= 0.6 is 11.6 Å². The summed E-state index contributed by atoms with van der Waals surface area (Å²) in [7, 11) is 1.63. The Labute approximate surface area is 142 Å². The van der Waals surface area contributed by atoms with Gasteiger partial charge in [-0.15, -0.1) is 0 Å². The lowest BCUT2D eigenvalue weighted by atomic mass is 10.2. The molecule has 0 aliphatic rings. The summed E-state index contributed by atoms with van der Waals surface area (Å²) >= 11 is 6.31. The largest absolute Gasteiger partial charge is 0.493 e. The summed E-state index contributed by atoms with van der Waals surface area (Å²) < 4.78 is 13.0. The minimum absolute atomic E-state index is 0.589. The van der Waals surface area contributed by atoms with E-state index in [0.717, 1.165) is 38.0 Å².